The van der Waals surface area contributed by atoms with Gasteiger partial charge < -0.3 is 19.5 Å². The van der Waals surface area contributed by atoms with Crippen molar-refractivity contribution in [3.05, 3.63) is 15.8 Å². The molecule has 2 rings (SSSR count). The molecular formula is C12H17NO4S. The van der Waals surface area contributed by atoms with Crippen LogP contribution in [-0.4, -0.2) is 55.4 Å². The maximum Gasteiger partial charge on any atom is 0.349 e. The van der Waals surface area contributed by atoms with Gasteiger partial charge in [-0.15, -0.1) is 11.3 Å². The number of carboxylic acid groups (broad SMARTS) is 1. The molecule has 1 N–H and O–H groups in total. The molecule has 1 aromatic heterocycles. The molecule has 5 nitrogen and oxygen atoms in total. The number of thiophene rings is 1. The second kappa shape index (κ2) is 5.69. The second-order valence-electron chi connectivity index (χ2n) is 4.42. The number of rotatable bonds is 4. The number of carbonyl (C=O) groups is 1. The maximum absolute atomic E-state index is 11.0. The number of nitrogens with zero attached hydrogens (tertiary/aromatic N) is 1. The largest absolute Gasteiger partial charge is 0.489 e. The van der Waals surface area contributed by atoms with E-state index in [9.17, 15) is 4.79 Å². The molecule has 0 radical (unpaired) electrons. The lowest BCUT2D eigenvalue weighted by molar-refractivity contribution is -0.0404. The number of likely N-dealkylation sites (N-methyl/N-ethyl adjacent to an activating group) is 1. The maximum atomic E-state index is 11.0. The summed E-state index contributed by atoms with van der Waals surface area (Å²) < 4.78 is 11.2. The van der Waals surface area contributed by atoms with Gasteiger partial charge in [-0.25, -0.2) is 4.79 Å². The average Bonchev–Trinajstić information content (AvgIpc) is 2.68. The van der Waals surface area contributed by atoms with Crippen LogP contribution in [0.1, 0.15) is 14.5 Å². The predicted octanol–water partition coefficient (Wildman–Crippen LogP) is 1.46. The van der Waals surface area contributed by atoms with E-state index >= 15 is 0 Å². The normalized spacial score (nSPS) is 20.9. The summed E-state index contributed by atoms with van der Waals surface area (Å²) in [6.07, 6.45) is 0.00519. The molecule has 1 aliphatic rings. The molecule has 1 fully saturated rings. The summed E-state index contributed by atoms with van der Waals surface area (Å²) >= 11 is 1.23. The van der Waals surface area contributed by atoms with Crippen LogP contribution in [0.25, 0.3) is 0 Å². The van der Waals surface area contributed by atoms with Crippen LogP contribution in [0, 0.1) is 6.92 Å². The Labute approximate surface area is 110 Å². The summed E-state index contributed by atoms with van der Waals surface area (Å²) in [5, 5.41) is 9.05. The van der Waals surface area contributed by atoms with Gasteiger partial charge in [0.15, 0.2) is 4.88 Å². The molecule has 100 valence electrons. The van der Waals surface area contributed by atoms with E-state index in [1.165, 1.54) is 11.3 Å². The van der Waals surface area contributed by atoms with Crippen molar-refractivity contribution >= 4 is 17.3 Å². The van der Waals surface area contributed by atoms with Gasteiger partial charge in [0, 0.05) is 18.0 Å². The van der Waals surface area contributed by atoms with Gasteiger partial charge in [0.25, 0.3) is 0 Å². The minimum absolute atomic E-state index is 0.00519. The molecule has 1 aliphatic heterocycles. The molecule has 0 amide bonds. The Balaban J connectivity index is 1.95. The standard InChI is InChI=1S/C12H17NO4S/c1-8-5-10(11(18-8)12(14)15)17-7-9-6-13(2)3-4-16-9/h5,9H,3-4,6-7H2,1-2H3,(H,14,15). The number of carboxylic acids is 1. The van der Waals surface area contributed by atoms with Gasteiger partial charge in [-0.2, -0.15) is 0 Å². The smallest absolute Gasteiger partial charge is 0.349 e. The van der Waals surface area contributed by atoms with E-state index in [0.29, 0.717) is 19.0 Å². The summed E-state index contributed by atoms with van der Waals surface area (Å²) in [7, 11) is 2.03. The van der Waals surface area contributed by atoms with Crippen molar-refractivity contribution < 1.29 is 19.4 Å². The number of ether oxygens (including phenoxy) is 2. The van der Waals surface area contributed by atoms with Crippen molar-refractivity contribution in [1.82, 2.24) is 4.90 Å². The summed E-state index contributed by atoms with van der Waals surface area (Å²) in [5.41, 5.74) is 0. The lowest BCUT2D eigenvalue weighted by Gasteiger charge is -2.29. The number of aromatic carboxylic acids is 1. The van der Waals surface area contributed by atoms with Gasteiger partial charge in [0.1, 0.15) is 18.5 Å². The highest BCUT2D eigenvalue weighted by atomic mass is 32.1. The highest BCUT2D eigenvalue weighted by Crippen LogP contribution is 2.29. The van der Waals surface area contributed by atoms with Gasteiger partial charge in [-0.1, -0.05) is 0 Å². The first-order valence-electron chi connectivity index (χ1n) is 5.83. The van der Waals surface area contributed by atoms with Crippen molar-refractivity contribution in [2.24, 2.45) is 0 Å². The Hall–Kier alpha value is -1.11. The van der Waals surface area contributed by atoms with Gasteiger partial charge in [-0.05, 0) is 20.0 Å². The first kappa shape index (κ1) is 13.3. The van der Waals surface area contributed by atoms with Crippen molar-refractivity contribution in [1.29, 1.82) is 0 Å². The first-order chi connectivity index (χ1) is 8.56. The second-order valence-corrected chi connectivity index (χ2v) is 5.68. The third-order valence-electron chi connectivity index (χ3n) is 2.78. The van der Waals surface area contributed by atoms with Crippen molar-refractivity contribution in [2.45, 2.75) is 13.0 Å². The Morgan fingerprint density at radius 3 is 3.17 bits per heavy atom. The SMILES string of the molecule is Cc1cc(OCC2CN(C)CCO2)c(C(=O)O)s1. The van der Waals surface area contributed by atoms with E-state index in [4.69, 9.17) is 14.6 Å². The molecule has 18 heavy (non-hydrogen) atoms. The average molecular weight is 271 g/mol. The number of hydrogen-bond acceptors (Lipinski definition) is 5. The van der Waals surface area contributed by atoms with Crippen LogP contribution in [0.3, 0.4) is 0 Å². The summed E-state index contributed by atoms with van der Waals surface area (Å²) in [6.45, 7) is 4.69. The van der Waals surface area contributed by atoms with E-state index < -0.39 is 5.97 Å². The molecule has 0 aliphatic carbocycles. The predicted molar refractivity (Wildman–Crippen MR) is 68.7 cm³/mol. The molecule has 0 aromatic carbocycles. The fourth-order valence-corrected chi connectivity index (χ4v) is 2.69. The van der Waals surface area contributed by atoms with Crippen LogP contribution in [-0.2, 0) is 4.74 Å². The van der Waals surface area contributed by atoms with E-state index in [1.807, 2.05) is 14.0 Å². The number of hydrogen-bond donors (Lipinski definition) is 1. The Bertz CT molecular complexity index is 432. The minimum Gasteiger partial charge on any atom is -0.489 e. The van der Waals surface area contributed by atoms with Gasteiger partial charge in [0.05, 0.1) is 6.61 Å². The molecule has 2 heterocycles. The topological polar surface area (TPSA) is 59.0 Å². The monoisotopic (exact) mass is 271 g/mol. The lowest BCUT2D eigenvalue weighted by atomic mass is 10.3. The molecule has 1 aromatic rings. The van der Waals surface area contributed by atoms with E-state index in [1.54, 1.807) is 6.07 Å². The fourth-order valence-electron chi connectivity index (χ4n) is 1.90. The Morgan fingerprint density at radius 2 is 2.50 bits per heavy atom. The highest BCUT2D eigenvalue weighted by molar-refractivity contribution is 7.14. The molecular weight excluding hydrogens is 254 g/mol. The van der Waals surface area contributed by atoms with Crippen LogP contribution >= 0.6 is 11.3 Å². The third-order valence-corrected chi connectivity index (χ3v) is 3.80. The molecule has 0 spiro atoms. The summed E-state index contributed by atoms with van der Waals surface area (Å²) in [6, 6.07) is 1.76. The van der Waals surface area contributed by atoms with Crippen LogP contribution in [0.5, 0.6) is 5.75 Å². The molecule has 1 saturated heterocycles. The molecule has 0 saturated carbocycles. The van der Waals surface area contributed by atoms with E-state index in [2.05, 4.69) is 4.90 Å². The van der Waals surface area contributed by atoms with Crippen LogP contribution < -0.4 is 4.74 Å². The summed E-state index contributed by atoms with van der Waals surface area (Å²) in [4.78, 5) is 14.4. The van der Waals surface area contributed by atoms with Crippen LogP contribution in [0.4, 0.5) is 0 Å². The Kier molecular flexibility index (Phi) is 4.21. The molecule has 1 unspecified atom stereocenters. The molecule has 6 heteroatoms. The zero-order chi connectivity index (χ0) is 13.1. The third kappa shape index (κ3) is 3.22. The van der Waals surface area contributed by atoms with Crippen molar-refractivity contribution in [3.63, 3.8) is 0 Å². The van der Waals surface area contributed by atoms with Crippen LogP contribution in [0.2, 0.25) is 0 Å². The first-order valence-corrected chi connectivity index (χ1v) is 6.64. The molecule has 0 bridgehead atoms. The Morgan fingerprint density at radius 1 is 1.72 bits per heavy atom. The summed E-state index contributed by atoms with van der Waals surface area (Å²) in [5.74, 6) is -0.494. The highest BCUT2D eigenvalue weighted by Gasteiger charge is 2.20. The quantitative estimate of drug-likeness (QED) is 0.898. The lowest BCUT2D eigenvalue weighted by Crippen LogP contribution is -2.42. The van der Waals surface area contributed by atoms with Crippen LogP contribution in [0.15, 0.2) is 6.07 Å². The van der Waals surface area contributed by atoms with E-state index in [-0.39, 0.29) is 11.0 Å². The molecule has 1 atom stereocenters. The zero-order valence-corrected chi connectivity index (χ0v) is 11.3. The number of aryl methyl sites for hydroxylation is 1. The minimum atomic E-state index is -0.940. The van der Waals surface area contributed by atoms with Gasteiger partial charge >= 0.3 is 5.97 Å². The van der Waals surface area contributed by atoms with E-state index in [0.717, 1.165) is 18.0 Å². The van der Waals surface area contributed by atoms with Crippen molar-refractivity contribution in [3.8, 4) is 5.75 Å². The van der Waals surface area contributed by atoms with Gasteiger partial charge in [-0.3, -0.25) is 0 Å². The number of morpholine rings is 1. The fraction of sp³-hybridized carbons (Fsp3) is 0.583. The van der Waals surface area contributed by atoms with Gasteiger partial charge in [0.2, 0.25) is 0 Å². The van der Waals surface area contributed by atoms with Crippen molar-refractivity contribution in [2.75, 3.05) is 33.4 Å². The zero-order valence-electron chi connectivity index (χ0n) is 10.5.